The van der Waals surface area contributed by atoms with E-state index in [1.165, 1.54) is 30.0 Å². The molecule has 9 nitrogen and oxygen atoms in total. The lowest BCUT2D eigenvalue weighted by molar-refractivity contribution is -0.385. The number of benzene rings is 2. The van der Waals surface area contributed by atoms with Crippen LogP contribution in [0.3, 0.4) is 0 Å². The minimum atomic E-state index is -0.715. The van der Waals surface area contributed by atoms with Crippen LogP contribution in [-0.2, 0) is 11.2 Å². The van der Waals surface area contributed by atoms with Crippen LogP contribution in [0.2, 0.25) is 5.02 Å². The summed E-state index contributed by atoms with van der Waals surface area (Å²) < 4.78 is 0.500. The van der Waals surface area contributed by atoms with Crippen LogP contribution in [-0.4, -0.2) is 39.2 Å². The Morgan fingerprint density at radius 1 is 1.25 bits per heavy atom. The number of fused-ring (bicyclic) bond motifs is 1. The zero-order valence-corrected chi connectivity index (χ0v) is 18.9. The summed E-state index contributed by atoms with van der Waals surface area (Å²) in [5.41, 5.74) is 1.56. The summed E-state index contributed by atoms with van der Waals surface area (Å²) in [5.74, 6) is -0.568. The van der Waals surface area contributed by atoms with Crippen LogP contribution in [0.25, 0.3) is 0 Å². The van der Waals surface area contributed by atoms with E-state index < -0.39 is 10.8 Å². The van der Waals surface area contributed by atoms with Crippen molar-refractivity contribution in [3.8, 4) is 0 Å². The fourth-order valence-electron chi connectivity index (χ4n) is 3.33. The quantitative estimate of drug-likeness (QED) is 0.235. The molecular formula is C20H16ClN5O4S2. The van der Waals surface area contributed by atoms with Gasteiger partial charge in [0.15, 0.2) is 4.34 Å². The van der Waals surface area contributed by atoms with E-state index in [2.05, 4.69) is 15.5 Å². The second-order valence-electron chi connectivity index (χ2n) is 6.81. The van der Waals surface area contributed by atoms with Crippen molar-refractivity contribution in [1.29, 1.82) is 0 Å². The van der Waals surface area contributed by atoms with Gasteiger partial charge in [0.05, 0.1) is 10.7 Å². The van der Waals surface area contributed by atoms with E-state index in [-0.39, 0.29) is 33.1 Å². The highest BCUT2D eigenvalue weighted by Gasteiger charge is 2.24. The first-order valence-electron chi connectivity index (χ1n) is 9.52. The number of nitro groups is 1. The lowest BCUT2D eigenvalue weighted by Crippen LogP contribution is -2.36. The van der Waals surface area contributed by atoms with Crippen molar-refractivity contribution in [3.05, 3.63) is 68.7 Å². The van der Waals surface area contributed by atoms with Crippen molar-refractivity contribution in [3.63, 3.8) is 0 Å². The molecule has 1 N–H and O–H groups in total. The number of nitro benzene ring substituents is 1. The maximum absolute atomic E-state index is 12.8. The molecule has 0 radical (unpaired) electrons. The number of nitrogens with one attached hydrogen (secondary N) is 1. The van der Waals surface area contributed by atoms with Gasteiger partial charge in [0.2, 0.25) is 11.0 Å². The van der Waals surface area contributed by atoms with Gasteiger partial charge in [-0.1, -0.05) is 52.9 Å². The van der Waals surface area contributed by atoms with E-state index in [1.54, 1.807) is 4.90 Å². The van der Waals surface area contributed by atoms with E-state index in [0.717, 1.165) is 35.4 Å². The monoisotopic (exact) mass is 489 g/mol. The number of thioether (sulfide) groups is 1. The molecule has 0 unspecified atom stereocenters. The third-order valence-electron chi connectivity index (χ3n) is 4.76. The number of aryl methyl sites for hydroxylation is 1. The number of nitrogens with zero attached hydrogens (tertiary/aromatic N) is 4. The number of rotatable bonds is 6. The van der Waals surface area contributed by atoms with Crippen molar-refractivity contribution < 1.29 is 14.5 Å². The molecule has 0 fully saturated rings. The van der Waals surface area contributed by atoms with Gasteiger partial charge in [-0.25, -0.2) is 0 Å². The number of amides is 2. The van der Waals surface area contributed by atoms with Gasteiger partial charge in [0.1, 0.15) is 5.56 Å². The van der Waals surface area contributed by atoms with Gasteiger partial charge in [-0.3, -0.25) is 25.0 Å². The number of para-hydroxylation sites is 1. The second-order valence-corrected chi connectivity index (χ2v) is 9.45. The third-order valence-corrected chi connectivity index (χ3v) is 6.95. The number of carbonyl (C=O) groups is 2. The minimum absolute atomic E-state index is 0.0301. The lowest BCUT2D eigenvalue weighted by atomic mass is 10.0. The molecule has 1 aromatic heterocycles. The van der Waals surface area contributed by atoms with Gasteiger partial charge in [0.25, 0.3) is 11.6 Å². The maximum atomic E-state index is 12.8. The summed E-state index contributed by atoms with van der Waals surface area (Å²) in [6, 6.07) is 11.6. The minimum Gasteiger partial charge on any atom is -0.311 e. The standard InChI is InChI=1S/C20H16ClN5O4S2/c21-13-7-8-16(26(29)30)14(10-13)18(28)22-19-23-24-20(32-19)31-11-17(27)25-9-3-5-12-4-1-2-6-15(12)25/h1-2,4,6-8,10H,3,5,9,11H2,(H,22,23,28). The first-order valence-corrected chi connectivity index (χ1v) is 11.7. The normalized spacial score (nSPS) is 12.8. The number of carbonyl (C=O) groups excluding carboxylic acids is 2. The van der Waals surface area contributed by atoms with E-state index >= 15 is 0 Å². The van der Waals surface area contributed by atoms with Gasteiger partial charge in [-0.2, -0.15) is 0 Å². The molecule has 0 atom stereocenters. The molecule has 1 aliphatic heterocycles. The Morgan fingerprint density at radius 3 is 2.88 bits per heavy atom. The average molecular weight is 490 g/mol. The van der Waals surface area contributed by atoms with E-state index in [9.17, 15) is 19.7 Å². The molecule has 2 amide bonds. The van der Waals surface area contributed by atoms with Crippen LogP contribution in [0.5, 0.6) is 0 Å². The van der Waals surface area contributed by atoms with E-state index in [4.69, 9.17) is 11.6 Å². The van der Waals surface area contributed by atoms with Gasteiger partial charge >= 0.3 is 0 Å². The highest BCUT2D eigenvalue weighted by atomic mass is 35.5. The molecule has 2 aromatic carbocycles. The number of anilines is 2. The molecule has 32 heavy (non-hydrogen) atoms. The molecule has 2 heterocycles. The van der Waals surface area contributed by atoms with Crippen LogP contribution in [0.1, 0.15) is 22.3 Å². The van der Waals surface area contributed by atoms with Gasteiger partial charge in [0, 0.05) is 23.3 Å². The van der Waals surface area contributed by atoms with Crippen molar-refractivity contribution in [2.75, 3.05) is 22.5 Å². The highest BCUT2D eigenvalue weighted by Crippen LogP contribution is 2.30. The first-order chi connectivity index (χ1) is 15.4. The topological polar surface area (TPSA) is 118 Å². The average Bonchev–Trinajstić information content (AvgIpc) is 3.24. The van der Waals surface area contributed by atoms with Gasteiger partial charge in [-0.15, -0.1) is 10.2 Å². The Labute approximate surface area is 195 Å². The van der Waals surface area contributed by atoms with Crippen molar-refractivity contribution >= 4 is 63.0 Å². The number of aromatic nitrogens is 2. The molecule has 3 aromatic rings. The lowest BCUT2D eigenvalue weighted by Gasteiger charge is -2.29. The summed E-state index contributed by atoms with van der Waals surface area (Å²) in [4.78, 5) is 37.5. The van der Waals surface area contributed by atoms with E-state index in [0.29, 0.717) is 10.9 Å². The SMILES string of the molecule is O=C(Nc1nnc(SCC(=O)N2CCCc3ccccc32)s1)c1cc(Cl)ccc1[N+](=O)[O-]. The smallest absolute Gasteiger partial charge is 0.282 e. The van der Waals surface area contributed by atoms with Crippen LogP contribution in [0, 0.1) is 10.1 Å². The number of hydrogen-bond acceptors (Lipinski definition) is 8. The summed E-state index contributed by atoms with van der Waals surface area (Å²) in [6.45, 7) is 0.673. The van der Waals surface area contributed by atoms with Gasteiger partial charge < -0.3 is 4.90 Å². The highest BCUT2D eigenvalue weighted by molar-refractivity contribution is 8.01. The largest absolute Gasteiger partial charge is 0.311 e. The predicted molar refractivity (Wildman–Crippen MR) is 124 cm³/mol. The second kappa shape index (κ2) is 9.63. The molecule has 12 heteroatoms. The zero-order chi connectivity index (χ0) is 22.7. The Kier molecular flexibility index (Phi) is 6.68. The zero-order valence-electron chi connectivity index (χ0n) is 16.5. The molecule has 0 aliphatic carbocycles. The Balaban J connectivity index is 1.39. The van der Waals surface area contributed by atoms with Crippen LogP contribution < -0.4 is 10.2 Å². The summed E-state index contributed by atoms with van der Waals surface area (Å²) >= 11 is 8.18. The fourth-order valence-corrected chi connectivity index (χ4v) is 5.12. The van der Waals surface area contributed by atoms with E-state index in [1.807, 2.05) is 24.3 Å². The van der Waals surface area contributed by atoms with Gasteiger partial charge in [-0.05, 0) is 36.6 Å². The number of hydrogen-bond donors (Lipinski definition) is 1. The van der Waals surface area contributed by atoms with Crippen LogP contribution in [0.15, 0.2) is 46.8 Å². The fraction of sp³-hybridized carbons (Fsp3) is 0.200. The molecular weight excluding hydrogens is 474 g/mol. The van der Waals surface area contributed by atoms with Crippen molar-refractivity contribution in [2.45, 2.75) is 17.2 Å². The number of halogens is 1. The summed E-state index contributed by atoms with van der Waals surface area (Å²) in [6.07, 6.45) is 1.87. The molecule has 0 saturated heterocycles. The molecule has 0 bridgehead atoms. The summed E-state index contributed by atoms with van der Waals surface area (Å²) in [5, 5.41) is 21.9. The Morgan fingerprint density at radius 2 is 2.06 bits per heavy atom. The predicted octanol–water partition coefficient (Wildman–Crippen LogP) is 4.42. The van der Waals surface area contributed by atoms with Crippen LogP contribution >= 0.6 is 34.7 Å². The Hall–Kier alpha value is -3.02. The third kappa shape index (κ3) is 4.90. The van der Waals surface area contributed by atoms with Crippen molar-refractivity contribution in [1.82, 2.24) is 10.2 Å². The maximum Gasteiger partial charge on any atom is 0.282 e. The Bertz CT molecular complexity index is 1200. The molecule has 0 saturated carbocycles. The summed E-state index contributed by atoms with van der Waals surface area (Å²) in [7, 11) is 0. The molecule has 164 valence electrons. The molecule has 0 spiro atoms. The molecule has 1 aliphatic rings. The van der Waals surface area contributed by atoms with Crippen molar-refractivity contribution in [2.24, 2.45) is 0 Å². The molecule has 4 rings (SSSR count). The van der Waals surface area contributed by atoms with Crippen LogP contribution in [0.4, 0.5) is 16.5 Å². The first kappa shape index (κ1) is 22.2.